The minimum absolute atomic E-state index is 0.118. The Balaban J connectivity index is 3.47. The van der Waals surface area contributed by atoms with Gasteiger partial charge in [0.1, 0.15) is 0 Å². The second kappa shape index (κ2) is 22.1. The quantitative estimate of drug-likeness (QED) is 0.157. The molecule has 3 N–H and O–H groups in total. The lowest BCUT2D eigenvalue weighted by Gasteiger charge is -2.06. The van der Waals surface area contributed by atoms with Gasteiger partial charge >= 0.3 is 5.97 Å². The number of hydrogen-bond donors (Lipinski definition) is 3. The Morgan fingerprint density at radius 3 is 1.62 bits per heavy atom. The van der Waals surface area contributed by atoms with Crippen molar-refractivity contribution < 1.29 is 20.1 Å². The second-order valence-electron chi connectivity index (χ2n) is 6.91. The van der Waals surface area contributed by atoms with E-state index < -0.39 is 12.1 Å². The van der Waals surface area contributed by atoms with Crippen LogP contribution in [0.15, 0.2) is 72.9 Å². The van der Waals surface area contributed by atoms with Gasteiger partial charge in [0.2, 0.25) is 0 Å². The number of hydrogen-bond acceptors (Lipinski definition) is 3. The number of aliphatic carboxylic acids is 1. The molecule has 0 aromatic rings. The summed E-state index contributed by atoms with van der Waals surface area (Å²) >= 11 is 0. The molecule has 0 amide bonds. The number of unbranched alkanes of at least 4 members (excludes halogenated alkanes) is 8. The normalized spacial score (nSPS) is 14.0. The van der Waals surface area contributed by atoms with E-state index >= 15 is 0 Å². The fourth-order valence-electron chi connectivity index (χ4n) is 2.62. The zero-order chi connectivity index (χ0) is 21.4. The number of carboxylic acids is 1. The molecular formula is C25H38O4. The predicted octanol–water partition coefficient (Wildman–Crippen LogP) is 5.66. The molecule has 0 aliphatic heterocycles. The van der Waals surface area contributed by atoms with Gasteiger partial charge in [0.15, 0.2) is 0 Å². The molecular weight excluding hydrogens is 364 g/mol. The highest BCUT2D eigenvalue weighted by Gasteiger charge is 2.00. The van der Waals surface area contributed by atoms with Crippen molar-refractivity contribution in [2.45, 2.75) is 70.3 Å². The Labute approximate surface area is 176 Å². The van der Waals surface area contributed by atoms with Crippen LogP contribution in [0.1, 0.15) is 64.2 Å². The summed E-state index contributed by atoms with van der Waals surface area (Å²) < 4.78 is 0. The molecule has 0 bridgehead atoms. The third-order valence-electron chi connectivity index (χ3n) is 4.24. The summed E-state index contributed by atoms with van der Waals surface area (Å²) in [4.78, 5) is 10.2. The number of aliphatic hydroxyl groups excluding tert-OH is 2. The van der Waals surface area contributed by atoms with Crippen molar-refractivity contribution in [2.24, 2.45) is 0 Å². The third kappa shape index (κ3) is 23.8. The molecule has 1 unspecified atom stereocenters. The number of carbonyl (C=O) groups is 1. The summed E-state index contributed by atoms with van der Waals surface area (Å²) in [5.74, 6) is -0.948. The van der Waals surface area contributed by atoms with Crippen molar-refractivity contribution in [3.8, 4) is 0 Å². The molecule has 162 valence electrons. The smallest absolute Gasteiger partial charge is 0.328 e. The number of allylic oxidation sites excluding steroid dienone is 11. The fourth-order valence-corrected chi connectivity index (χ4v) is 2.62. The standard InChI is InChI=1S/C25H38O4/c26-23-24(27)21-19-17-15-13-11-9-7-5-3-1-2-4-6-8-10-12-14-16-18-20-22-25(28)29/h1-2,4,6,8,10,12,14,16,18,20,22,24,26-27H,3,5,7,9,11,13,15,17,19,21,23H2,(H,28,29). The zero-order valence-corrected chi connectivity index (χ0v) is 17.5. The van der Waals surface area contributed by atoms with Gasteiger partial charge in [-0.25, -0.2) is 4.79 Å². The minimum atomic E-state index is -0.948. The maximum Gasteiger partial charge on any atom is 0.328 e. The van der Waals surface area contributed by atoms with Crippen molar-refractivity contribution in [1.82, 2.24) is 0 Å². The van der Waals surface area contributed by atoms with Gasteiger partial charge in [-0.05, 0) is 19.3 Å². The fraction of sp³-hybridized carbons (Fsp3) is 0.480. The Hall–Kier alpha value is -2.17. The van der Waals surface area contributed by atoms with Crippen molar-refractivity contribution in [1.29, 1.82) is 0 Å². The molecule has 29 heavy (non-hydrogen) atoms. The summed E-state index contributed by atoms with van der Waals surface area (Å²) in [6.07, 6.45) is 32.9. The van der Waals surface area contributed by atoms with Crippen molar-refractivity contribution >= 4 is 5.97 Å². The van der Waals surface area contributed by atoms with Gasteiger partial charge in [-0.3, -0.25) is 0 Å². The molecule has 0 aromatic carbocycles. The van der Waals surface area contributed by atoms with E-state index in [-0.39, 0.29) is 6.61 Å². The Kier molecular flexibility index (Phi) is 20.5. The largest absolute Gasteiger partial charge is 0.478 e. The Morgan fingerprint density at radius 1 is 0.655 bits per heavy atom. The van der Waals surface area contributed by atoms with E-state index in [0.29, 0.717) is 0 Å². The summed E-state index contributed by atoms with van der Waals surface area (Å²) in [5, 5.41) is 26.4. The van der Waals surface area contributed by atoms with Gasteiger partial charge < -0.3 is 15.3 Å². The SMILES string of the molecule is O=C(O)C=CC=CC=CC=CC=CC=CCCCCCCCCCCC(O)CO. The lowest BCUT2D eigenvalue weighted by atomic mass is 10.1. The monoisotopic (exact) mass is 402 g/mol. The minimum Gasteiger partial charge on any atom is -0.478 e. The van der Waals surface area contributed by atoms with Gasteiger partial charge in [0.25, 0.3) is 0 Å². The summed E-state index contributed by atoms with van der Waals surface area (Å²) in [5.41, 5.74) is 0. The number of aliphatic hydroxyl groups is 2. The predicted molar refractivity (Wildman–Crippen MR) is 122 cm³/mol. The molecule has 4 heteroatoms. The molecule has 0 saturated heterocycles. The average Bonchev–Trinajstić information content (AvgIpc) is 2.71. The van der Waals surface area contributed by atoms with Gasteiger partial charge in [-0.2, -0.15) is 0 Å². The van der Waals surface area contributed by atoms with Crippen LogP contribution in [-0.2, 0) is 4.79 Å². The first-order valence-electron chi connectivity index (χ1n) is 10.7. The van der Waals surface area contributed by atoms with Crippen LogP contribution in [0.4, 0.5) is 0 Å². The highest BCUT2D eigenvalue weighted by Crippen LogP contribution is 2.11. The summed E-state index contributed by atoms with van der Waals surface area (Å²) in [6, 6.07) is 0. The molecule has 0 radical (unpaired) electrons. The molecule has 4 nitrogen and oxygen atoms in total. The zero-order valence-electron chi connectivity index (χ0n) is 17.5. The summed E-state index contributed by atoms with van der Waals surface area (Å²) in [7, 11) is 0. The maximum absolute atomic E-state index is 10.2. The molecule has 0 heterocycles. The highest BCUT2D eigenvalue weighted by molar-refractivity contribution is 5.80. The van der Waals surface area contributed by atoms with Gasteiger partial charge in [-0.15, -0.1) is 0 Å². The summed E-state index contributed by atoms with van der Waals surface area (Å²) in [6.45, 7) is -0.118. The first kappa shape index (κ1) is 26.8. The molecule has 0 saturated carbocycles. The molecule has 1 atom stereocenters. The second-order valence-corrected chi connectivity index (χ2v) is 6.91. The Bertz CT molecular complexity index is 553. The molecule has 0 fully saturated rings. The third-order valence-corrected chi connectivity index (χ3v) is 4.24. The van der Waals surface area contributed by atoms with Gasteiger partial charge in [0, 0.05) is 6.08 Å². The number of carboxylic acid groups (broad SMARTS) is 1. The average molecular weight is 403 g/mol. The van der Waals surface area contributed by atoms with Gasteiger partial charge in [-0.1, -0.05) is 112 Å². The van der Waals surface area contributed by atoms with Crippen LogP contribution in [0, 0.1) is 0 Å². The topological polar surface area (TPSA) is 77.8 Å². The van der Waals surface area contributed by atoms with Crippen LogP contribution in [0.2, 0.25) is 0 Å². The van der Waals surface area contributed by atoms with Crippen molar-refractivity contribution in [3.63, 3.8) is 0 Å². The van der Waals surface area contributed by atoms with E-state index in [0.717, 1.165) is 31.8 Å². The Morgan fingerprint density at radius 2 is 1.10 bits per heavy atom. The van der Waals surface area contributed by atoms with Crippen LogP contribution < -0.4 is 0 Å². The maximum atomic E-state index is 10.2. The van der Waals surface area contributed by atoms with E-state index in [1.54, 1.807) is 12.2 Å². The molecule has 0 spiro atoms. The highest BCUT2D eigenvalue weighted by atomic mass is 16.4. The van der Waals surface area contributed by atoms with Crippen LogP contribution in [0.3, 0.4) is 0 Å². The first-order chi connectivity index (χ1) is 14.2. The molecule has 0 aliphatic carbocycles. The van der Waals surface area contributed by atoms with E-state index in [9.17, 15) is 9.90 Å². The molecule has 0 aromatic heterocycles. The van der Waals surface area contributed by atoms with Crippen LogP contribution in [-0.4, -0.2) is 34.0 Å². The van der Waals surface area contributed by atoms with Crippen molar-refractivity contribution in [2.75, 3.05) is 6.61 Å². The van der Waals surface area contributed by atoms with E-state index in [1.807, 2.05) is 36.5 Å². The van der Waals surface area contributed by atoms with Gasteiger partial charge in [0.05, 0.1) is 12.7 Å². The molecule has 0 aliphatic rings. The van der Waals surface area contributed by atoms with E-state index in [4.69, 9.17) is 10.2 Å². The molecule has 0 rings (SSSR count). The van der Waals surface area contributed by atoms with Crippen LogP contribution in [0.25, 0.3) is 0 Å². The first-order valence-corrected chi connectivity index (χ1v) is 10.7. The van der Waals surface area contributed by atoms with Crippen LogP contribution in [0.5, 0.6) is 0 Å². The lowest BCUT2D eigenvalue weighted by molar-refractivity contribution is -0.131. The van der Waals surface area contributed by atoms with Crippen LogP contribution >= 0.6 is 0 Å². The number of rotatable bonds is 18. The lowest BCUT2D eigenvalue weighted by Crippen LogP contribution is -2.10. The van der Waals surface area contributed by atoms with E-state index in [2.05, 4.69) is 12.2 Å². The van der Waals surface area contributed by atoms with E-state index in [1.165, 1.54) is 44.6 Å². The van der Waals surface area contributed by atoms with Crippen molar-refractivity contribution in [3.05, 3.63) is 72.9 Å².